The predicted molar refractivity (Wildman–Crippen MR) is 107 cm³/mol. The summed E-state index contributed by atoms with van der Waals surface area (Å²) in [5.41, 5.74) is 3.12. The second-order valence-corrected chi connectivity index (χ2v) is 8.19. The third kappa shape index (κ3) is 4.47. The Bertz CT molecular complexity index is 1060. The number of hydrogen-bond acceptors (Lipinski definition) is 4. The van der Waals surface area contributed by atoms with Gasteiger partial charge in [-0.1, -0.05) is 18.2 Å². The number of sulfonamides is 1. The van der Waals surface area contributed by atoms with Crippen molar-refractivity contribution in [1.29, 1.82) is 0 Å². The van der Waals surface area contributed by atoms with Gasteiger partial charge < -0.3 is 5.32 Å². The zero-order chi connectivity index (χ0) is 20.1. The quantitative estimate of drug-likeness (QED) is 0.637. The maximum Gasteiger partial charge on any atom is 0.251 e. The summed E-state index contributed by atoms with van der Waals surface area (Å²) in [7, 11) is -2.25. The molecule has 0 atom stereocenters. The third-order valence-corrected chi connectivity index (χ3v) is 5.85. The largest absolute Gasteiger partial charge is 0.352 e. The van der Waals surface area contributed by atoms with Crippen LogP contribution in [0.25, 0.3) is 5.69 Å². The summed E-state index contributed by atoms with van der Waals surface area (Å²) in [5, 5.41) is 7.04. The van der Waals surface area contributed by atoms with Gasteiger partial charge >= 0.3 is 0 Å². The lowest BCUT2D eigenvalue weighted by atomic mass is 10.1. The average molecular weight is 398 g/mol. The molecular weight excluding hydrogens is 376 g/mol. The summed E-state index contributed by atoms with van der Waals surface area (Å²) in [5.74, 6) is -0.293. The van der Waals surface area contributed by atoms with Crippen LogP contribution < -0.4 is 10.0 Å². The molecule has 0 aliphatic heterocycles. The van der Waals surface area contributed by atoms with Crippen molar-refractivity contribution in [2.75, 3.05) is 13.6 Å². The van der Waals surface area contributed by atoms with E-state index in [1.165, 1.54) is 19.2 Å². The number of benzene rings is 2. The number of aryl methyl sites for hydroxylation is 1. The second kappa shape index (κ2) is 8.37. The summed E-state index contributed by atoms with van der Waals surface area (Å²) in [6.45, 7) is 2.22. The van der Waals surface area contributed by atoms with E-state index >= 15 is 0 Å². The molecule has 1 amide bonds. The van der Waals surface area contributed by atoms with Gasteiger partial charge in [0.1, 0.15) is 0 Å². The van der Waals surface area contributed by atoms with Gasteiger partial charge in [-0.3, -0.25) is 4.79 Å². The van der Waals surface area contributed by atoms with Gasteiger partial charge in [0.2, 0.25) is 10.0 Å². The molecule has 3 aromatic rings. The molecule has 2 aromatic carbocycles. The van der Waals surface area contributed by atoms with Crippen molar-refractivity contribution >= 4 is 15.9 Å². The molecule has 28 heavy (non-hydrogen) atoms. The highest BCUT2D eigenvalue weighted by Gasteiger charge is 2.16. The molecule has 0 aliphatic carbocycles. The molecule has 1 heterocycles. The molecule has 0 saturated heterocycles. The lowest BCUT2D eigenvalue weighted by Gasteiger charge is -2.10. The fourth-order valence-electron chi connectivity index (χ4n) is 2.78. The van der Waals surface area contributed by atoms with Gasteiger partial charge in [0.15, 0.2) is 0 Å². The molecular formula is C20H22N4O3S. The highest BCUT2D eigenvalue weighted by Crippen LogP contribution is 2.15. The van der Waals surface area contributed by atoms with Crippen LogP contribution in [0.1, 0.15) is 21.5 Å². The smallest absolute Gasteiger partial charge is 0.251 e. The summed E-state index contributed by atoms with van der Waals surface area (Å²) >= 11 is 0. The van der Waals surface area contributed by atoms with Gasteiger partial charge in [-0.2, -0.15) is 5.10 Å². The van der Waals surface area contributed by atoms with Crippen LogP contribution in [0.5, 0.6) is 0 Å². The molecule has 8 heteroatoms. The third-order valence-electron chi connectivity index (χ3n) is 4.44. The van der Waals surface area contributed by atoms with Gasteiger partial charge in [0.05, 0.1) is 10.6 Å². The highest BCUT2D eigenvalue weighted by molar-refractivity contribution is 7.89. The summed E-state index contributed by atoms with van der Waals surface area (Å²) in [6, 6.07) is 14.3. The van der Waals surface area contributed by atoms with Crippen LogP contribution in [0, 0.1) is 6.92 Å². The van der Waals surface area contributed by atoms with Crippen molar-refractivity contribution in [3.63, 3.8) is 0 Å². The number of carbonyl (C=O) groups is 1. The second-order valence-electron chi connectivity index (χ2n) is 6.31. The Morgan fingerprint density at radius 2 is 1.89 bits per heavy atom. The van der Waals surface area contributed by atoms with E-state index in [0.29, 0.717) is 18.5 Å². The molecule has 7 nitrogen and oxygen atoms in total. The van der Waals surface area contributed by atoms with E-state index < -0.39 is 10.0 Å². The number of hydrogen-bond donors (Lipinski definition) is 2. The standard InChI is InChI=1S/C20H22N4O3S/c1-15-4-9-18(28(26,27)21-2)14-19(15)20(25)22-12-10-16-5-7-17(8-6-16)24-13-3-11-23-24/h3-9,11,13-14,21H,10,12H2,1-2H3,(H,22,25). The molecule has 0 unspecified atom stereocenters. The predicted octanol–water partition coefficient (Wildman–Crippen LogP) is 2.06. The minimum Gasteiger partial charge on any atom is -0.352 e. The van der Waals surface area contributed by atoms with E-state index in [1.807, 2.05) is 36.5 Å². The number of amides is 1. The molecule has 0 fully saturated rings. The first-order valence-corrected chi connectivity index (χ1v) is 10.3. The Hall–Kier alpha value is -2.97. The van der Waals surface area contributed by atoms with Crippen molar-refractivity contribution < 1.29 is 13.2 Å². The van der Waals surface area contributed by atoms with Crippen LogP contribution in [0.4, 0.5) is 0 Å². The normalized spacial score (nSPS) is 11.4. The zero-order valence-corrected chi connectivity index (χ0v) is 16.5. The van der Waals surface area contributed by atoms with Gasteiger partial charge in [-0.25, -0.2) is 17.8 Å². The number of nitrogens with one attached hydrogen (secondary N) is 2. The SMILES string of the molecule is CNS(=O)(=O)c1ccc(C)c(C(=O)NCCc2ccc(-n3cccn3)cc2)c1. The van der Waals surface area contributed by atoms with Crippen LogP contribution >= 0.6 is 0 Å². The number of rotatable bonds is 7. The molecule has 0 bridgehead atoms. The van der Waals surface area contributed by atoms with Gasteiger partial charge in [0.25, 0.3) is 5.91 Å². The Balaban J connectivity index is 1.62. The molecule has 0 radical (unpaired) electrons. The molecule has 0 spiro atoms. The molecule has 0 aliphatic rings. The van der Waals surface area contributed by atoms with E-state index in [2.05, 4.69) is 15.1 Å². The maximum absolute atomic E-state index is 12.5. The summed E-state index contributed by atoms with van der Waals surface area (Å²) < 4.78 is 27.9. The van der Waals surface area contributed by atoms with E-state index in [4.69, 9.17) is 0 Å². The average Bonchev–Trinajstić information content (AvgIpc) is 3.23. The van der Waals surface area contributed by atoms with Crippen molar-refractivity contribution in [3.05, 3.63) is 77.6 Å². The molecule has 2 N–H and O–H groups in total. The van der Waals surface area contributed by atoms with Crippen molar-refractivity contribution in [2.24, 2.45) is 0 Å². The first kappa shape index (κ1) is 19.8. The molecule has 3 rings (SSSR count). The monoisotopic (exact) mass is 398 g/mol. The van der Waals surface area contributed by atoms with Gasteiger partial charge in [-0.15, -0.1) is 0 Å². The topological polar surface area (TPSA) is 93.1 Å². The summed E-state index contributed by atoms with van der Waals surface area (Å²) in [6.07, 6.45) is 4.26. The van der Waals surface area contributed by atoms with E-state index in [9.17, 15) is 13.2 Å². The lowest BCUT2D eigenvalue weighted by molar-refractivity contribution is 0.0953. The Morgan fingerprint density at radius 1 is 1.14 bits per heavy atom. The maximum atomic E-state index is 12.5. The first-order chi connectivity index (χ1) is 13.4. The van der Waals surface area contributed by atoms with Crippen LogP contribution in [0.3, 0.4) is 0 Å². The molecule has 146 valence electrons. The van der Waals surface area contributed by atoms with Gasteiger partial charge in [-0.05, 0) is 61.9 Å². The first-order valence-electron chi connectivity index (χ1n) is 8.82. The summed E-state index contributed by atoms with van der Waals surface area (Å²) in [4.78, 5) is 12.6. The Kier molecular flexibility index (Phi) is 5.91. The fraction of sp³-hybridized carbons (Fsp3) is 0.200. The van der Waals surface area contributed by atoms with Crippen molar-refractivity contribution in [2.45, 2.75) is 18.2 Å². The van der Waals surface area contributed by atoms with Crippen LogP contribution in [-0.2, 0) is 16.4 Å². The van der Waals surface area contributed by atoms with E-state index in [1.54, 1.807) is 23.9 Å². The van der Waals surface area contributed by atoms with E-state index in [-0.39, 0.29) is 10.8 Å². The number of nitrogens with zero attached hydrogens (tertiary/aromatic N) is 2. The molecule has 0 saturated carbocycles. The Morgan fingerprint density at radius 3 is 2.54 bits per heavy atom. The zero-order valence-electron chi connectivity index (χ0n) is 15.7. The van der Waals surface area contributed by atoms with Crippen molar-refractivity contribution in [1.82, 2.24) is 19.8 Å². The Labute approximate surface area is 164 Å². The van der Waals surface area contributed by atoms with Crippen LogP contribution in [-0.4, -0.2) is 37.7 Å². The molecule has 1 aromatic heterocycles. The number of aromatic nitrogens is 2. The van der Waals surface area contributed by atoms with Gasteiger partial charge in [0, 0.05) is 24.5 Å². The van der Waals surface area contributed by atoms with E-state index in [0.717, 1.165) is 16.8 Å². The fourth-order valence-corrected chi connectivity index (χ4v) is 3.54. The highest BCUT2D eigenvalue weighted by atomic mass is 32.2. The lowest BCUT2D eigenvalue weighted by Crippen LogP contribution is -2.27. The van der Waals surface area contributed by atoms with Crippen LogP contribution in [0.2, 0.25) is 0 Å². The van der Waals surface area contributed by atoms with Crippen LogP contribution in [0.15, 0.2) is 65.8 Å². The minimum absolute atomic E-state index is 0.0694. The number of carbonyl (C=O) groups excluding carboxylic acids is 1. The minimum atomic E-state index is -3.59. The van der Waals surface area contributed by atoms with Crippen molar-refractivity contribution in [3.8, 4) is 5.69 Å².